The lowest BCUT2D eigenvalue weighted by Gasteiger charge is -2.34. The molecular weight excluding hydrogens is 466 g/mol. The highest BCUT2D eigenvalue weighted by molar-refractivity contribution is 9.10. The maximum absolute atomic E-state index is 13.4. The van der Waals surface area contributed by atoms with E-state index in [-0.39, 0.29) is 12.5 Å². The first-order valence-electron chi connectivity index (χ1n) is 9.95. The van der Waals surface area contributed by atoms with E-state index < -0.39 is 10.0 Å². The minimum absolute atomic E-state index is 0.106. The van der Waals surface area contributed by atoms with Crippen LogP contribution in [0.2, 0.25) is 0 Å². The quantitative estimate of drug-likeness (QED) is 0.690. The van der Waals surface area contributed by atoms with E-state index >= 15 is 0 Å². The smallest absolute Gasteiger partial charge is 0.243 e. The Balaban J connectivity index is 1.65. The van der Waals surface area contributed by atoms with Gasteiger partial charge in [0.05, 0.1) is 11.4 Å². The van der Waals surface area contributed by atoms with Gasteiger partial charge in [-0.15, -0.1) is 0 Å². The summed E-state index contributed by atoms with van der Waals surface area (Å²) >= 11 is 3.39. The molecule has 1 aliphatic rings. The number of sulfonamides is 1. The molecule has 0 spiro atoms. The van der Waals surface area contributed by atoms with Crippen LogP contribution in [-0.2, 0) is 14.8 Å². The zero-order valence-electron chi connectivity index (χ0n) is 17.8. The van der Waals surface area contributed by atoms with Crippen molar-refractivity contribution in [3.8, 4) is 0 Å². The fraction of sp³-hybridized carbons (Fsp3) is 0.409. The van der Waals surface area contributed by atoms with Gasteiger partial charge in [-0.25, -0.2) is 8.42 Å². The molecule has 162 valence electrons. The number of benzene rings is 2. The molecule has 2 aromatic carbocycles. The van der Waals surface area contributed by atoms with Crippen LogP contribution in [0.3, 0.4) is 0 Å². The summed E-state index contributed by atoms with van der Waals surface area (Å²) in [5, 5.41) is 2.88. The third-order valence-electron chi connectivity index (χ3n) is 5.70. The van der Waals surface area contributed by atoms with Crippen molar-refractivity contribution in [3.63, 3.8) is 0 Å². The van der Waals surface area contributed by atoms with Crippen LogP contribution in [0.1, 0.15) is 22.3 Å². The number of carbonyl (C=O) groups is 1. The molecule has 6 nitrogen and oxygen atoms in total. The Kier molecular flexibility index (Phi) is 7.02. The SMILES string of the molecule is Cc1cc(C)c(C)c(S(=O)(=O)N2CCN(CC(=O)Nc3cccc(Br)c3)CC2)c1C. The number of aryl methyl sites for hydroxylation is 2. The maximum Gasteiger partial charge on any atom is 0.243 e. The minimum Gasteiger partial charge on any atom is -0.325 e. The highest BCUT2D eigenvalue weighted by Crippen LogP contribution is 2.29. The van der Waals surface area contributed by atoms with Crippen LogP contribution in [0.25, 0.3) is 0 Å². The molecule has 0 aliphatic carbocycles. The van der Waals surface area contributed by atoms with Crippen LogP contribution in [0.4, 0.5) is 5.69 Å². The third kappa shape index (κ3) is 4.94. The lowest BCUT2D eigenvalue weighted by atomic mass is 10.0. The Labute approximate surface area is 187 Å². The summed E-state index contributed by atoms with van der Waals surface area (Å²) < 4.78 is 29.2. The molecule has 1 saturated heterocycles. The summed E-state index contributed by atoms with van der Waals surface area (Å²) in [5.74, 6) is -0.106. The van der Waals surface area contributed by atoms with Gasteiger partial charge in [0, 0.05) is 36.3 Å². The molecular formula is C22H28BrN3O3S. The van der Waals surface area contributed by atoms with Gasteiger partial charge in [-0.2, -0.15) is 4.31 Å². The highest BCUT2D eigenvalue weighted by atomic mass is 79.9. The summed E-state index contributed by atoms with van der Waals surface area (Å²) in [5.41, 5.74) is 4.33. The molecule has 30 heavy (non-hydrogen) atoms. The summed E-state index contributed by atoms with van der Waals surface area (Å²) in [6, 6.07) is 9.47. The van der Waals surface area contributed by atoms with Gasteiger partial charge in [-0.3, -0.25) is 9.69 Å². The van der Waals surface area contributed by atoms with Gasteiger partial charge in [0.15, 0.2) is 0 Å². The molecule has 0 bridgehead atoms. The summed E-state index contributed by atoms with van der Waals surface area (Å²) in [6.07, 6.45) is 0. The first-order valence-corrected chi connectivity index (χ1v) is 12.2. The van der Waals surface area contributed by atoms with Crippen LogP contribution in [0.15, 0.2) is 39.7 Å². The fourth-order valence-electron chi connectivity index (χ4n) is 3.79. The maximum atomic E-state index is 13.4. The van der Waals surface area contributed by atoms with Gasteiger partial charge in [0.2, 0.25) is 15.9 Å². The van der Waals surface area contributed by atoms with Gasteiger partial charge in [0.25, 0.3) is 0 Å². The molecule has 1 N–H and O–H groups in total. The van der Waals surface area contributed by atoms with E-state index in [1.54, 1.807) is 4.31 Å². The third-order valence-corrected chi connectivity index (χ3v) is 8.37. The summed E-state index contributed by atoms with van der Waals surface area (Å²) in [6.45, 7) is 9.67. The molecule has 0 unspecified atom stereocenters. The minimum atomic E-state index is -3.57. The Morgan fingerprint density at radius 1 is 1.00 bits per heavy atom. The van der Waals surface area contributed by atoms with Crippen molar-refractivity contribution in [2.45, 2.75) is 32.6 Å². The van der Waals surface area contributed by atoms with Gasteiger partial charge in [-0.05, 0) is 68.1 Å². The fourth-order valence-corrected chi connectivity index (χ4v) is 6.19. The van der Waals surface area contributed by atoms with Crippen molar-refractivity contribution in [1.29, 1.82) is 0 Å². The highest BCUT2D eigenvalue weighted by Gasteiger charge is 2.32. The van der Waals surface area contributed by atoms with E-state index in [9.17, 15) is 13.2 Å². The second-order valence-electron chi connectivity index (χ2n) is 7.83. The average molecular weight is 494 g/mol. The van der Waals surface area contributed by atoms with Gasteiger partial charge >= 0.3 is 0 Å². The molecule has 0 saturated carbocycles. The molecule has 0 atom stereocenters. The van der Waals surface area contributed by atoms with Crippen LogP contribution in [0.5, 0.6) is 0 Å². The number of rotatable bonds is 5. The molecule has 3 rings (SSSR count). The number of amides is 1. The first kappa shape index (κ1) is 22.9. The van der Waals surface area contributed by atoms with Crippen LogP contribution in [-0.4, -0.2) is 56.3 Å². The average Bonchev–Trinajstić information content (AvgIpc) is 2.67. The van der Waals surface area contributed by atoms with Crippen molar-refractivity contribution in [3.05, 3.63) is 57.1 Å². The van der Waals surface area contributed by atoms with E-state index in [2.05, 4.69) is 21.2 Å². The number of hydrogen-bond donors (Lipinski definition) is 1. The van der Waals surface area contributed by atoms with Crippen LogP contribution in [0, 0.1) is 27.7 Å². The topological polar surface area (TPSA) is 69.7 Å². The number of nitrogens with zero attached hydrogens (tertiary/aromatic N) is 2. The monoisotopic (exact) mass is 493 g/mol. The second-order valence-corrected chi connectivity index (χ2v) is 10.6. The van der Waals surface area contributed by atoms with Crippen molar-refractivity contribution in [2.24, 2.45) is 0 Å². The molecule has 1 aliphatic heterocycles. The van der Waals surface area contributed by atoms with Crippen molar-refractivity contribution >= 4 is 37.5 Å². The first-order chi connectivity index (χ1) is 14.1. The van der Waals surface area contributed by atoms with E-state index in [4.69, 9.17) is 0 Å². The number of nitrogens with one attached hydrogen (secondary N) is 1. The van der Waals surface area contributed by atoms with E-state index in [1.165, 1.54) is 0 Å². The lowest BCUT2D eigenvalue weighted by Crippen LogP contribution is -2.50. The molecule has 0 radical (unpaired) electrons. The predicted octanol–water partition coefficient (Wildman–Crippen LogP) is 3.63. The number of piperazine rings is 1. The Morgan fingerprint density at radius 3 is 2.17 bits per heavy atom. The molecule has 1 fully saturated rings. The normalized spacial score (nSPS) is 15.9. The number of hydrogen-bond acceptors (Lipinski definition) is 4. The Hall–Kier alpha value is -1.74. The standard InChI is InChI=1S/C22H28BrN3O3S/c1-15-12-16(2)18(4)22(17(15)3)30(28,29)26-10-8-25(9-11-26)14-21(27)24-20-7-5-6-19(23)13-20/h5-7,12-13H,8-11,14H2,1-4H3,(H,24,27). The van der Waals surface area contributed by atoms with E-state index in [1.807, 2.05) is 62.9 Å². The number of carbonyl (C=O) groups excluding carboxylic acids is 1. The molecule has 1 heterocycles. The predicted molar refractivity (Wildman–Crippen MR) is 123 cm³/mol. The molecule has 1 amide bonds. The zero-order valence-corrected chi connectivity index (χ0v) is 20.2. The zero-order chi connectivity index (χ0) is 22.1. The Morgan fingerprint density at radius 2 is 1.60 bits per heavy atom. The van der Waals surface area contributed by atoms with Crippen molar-refractivity contribution in [1.82, 2.24) is 9.21 Å². The number of anilines is 1. The lowest BCUT2D eigenvalue weighted by molar-refractivity contribution is -0.117. The largest absolute Gasteiger partial charge is 0.325 e. The van der Waals surface area contributed by atoms with Gasteiger partial charge in [-0.1, -0.05) is 28.1 Å². The van der Waals surface area contributed by atoms with Gasteiger partial charge in [0.1, 0.15) is 0 Å². The van der Waals surface area contributed by atoms with Gasteiger partial charge < -0.3 is 5.32 Å². The number of halogens is 1. The van der Waals surface area contributed by atoms with E-state index in [0.29, 0.717) is 31.1 Å². The molecule has 0 aromatic heterocycles. The van der Waals surface area contributed by atoms with Crippen LogP contribution >= 0.6 is 15.9 Å². The van der Waals surface area contributed by atoms with E-state index in [0.717, 1.165) is 32.4 Å². The van der Waals surface area contributed by atoms with Crippen molar-refractivity contribution < 1.29 is 13.2 Å². The van der Waals surface area contributed by atoms with Crippen molar-refractivity contribution in [2.75, 3.05) is 38.0 Å². The van der Waals surface area contributed by atoms with Crippen LogP contribution < -0.4 is 5.32 Å². The Bertz CT molecular complexity index is 1040. The summed E-state index contributed by atoms with van der Waals surface area (Å²) in [7, 11) is -3.57. The summed E-state index contributed by atoms with van der Waals surface area (Å²) in [4.78, 5) is 14.8. The second kappa shape index (κ2) is 9.18. The molecule has 8 heteroatoms. The molecule has 2 aromatic rings.